The second-order valence-corrected chi connectivity index (χ2v) is 10.7. The number of imidazole rings is 1. The van der Waals surface area contributed by atoms with Gasteiger partial charge in [-0.1, -0.05) is 18.2 Å². The standard InChI is InChI=1S/C23H29F2N6O7P/c1-13(19(32)35-5)30-39(34,38-15-9-7-6-8-10-15)36-11-23(25)20(33)22(3,24)21(37-23)31-12-27-16-17(26-4)28-14(2)29-18(16)31/h6-10,12-13,20-21,33H,11H2,1-5H3,(H,30,34)(H,26,28,29)/t13-,20-,21+,22+,23+,39-/m0/s1. The Balaban J connectivity index is 1.62. The lowest BCUT2D eigenvalue weighted by Gasteiger charge is -2.28. The zero-order chi connectivity index (χ0) is 28.6. The molecule has 3 heterocycles. The Morgan fingerprint density at radius 3 is 2.64 bits per heavy atom. The molecule has 1 aromatic carbocycles. The van der Waals surface area contributed by atoms with Gasteiger partial charge in [-0.25, -0.2) is 28.3 Å². The first-order valence-electron chi connectivity index (χ1n) is 11.8. The van der Waals surface area contributed by atoms with Crippen LogP contribution in [0.5, 0.6) is 5.75 Å². The number of carbonyl (C=O) groups excluding carboxylic acids is 1. The number of aliphatic hydroxyl groups is 1. The fourth-order valence-electron chi connectivity index (χ4n) is 4.08. The van der Waals surface area contributed by atoms with Gasteiger partial charge in [0, 0.05) is 7.05 Å². The number of hydrogen-bond acceptors (Lipinski definition) is 11. The lowest BCUT2D eigenvalue weighted by molar-refractivity contribution is -0.202. The van der Waals surface area contributed by atoms with Gasteiger partial charge in [0.15, 0.2) is 35.0 Å². The quantitative estimate of drug-likeness (QED) is 0.242. The SMILES string of the molecule is CNc1nc(C)nc2c1ncn2[C@@H]1O[C@](F)(CO[P@@](=O)(N[C@@H](C)C(=O)OC)Oc2ccccc2)[C@@H](O)[C@@]1(C)F. The molecule has 0 saturated carbocycles. The number of hydrogen-bond donors (Lipinski definition) is 3. The highest BCUT2D eigenvalue weighted by Crippen LogP contribution is 2.52. The van der Waals surface area contributed by atoms with Gasteiger partial charge in [-0.05, 0) is 32.9 Å². The van der Waals surface area contributed by atoms with E-state index in [1.807, 2.05) is 0 Å². The summed E-state index contributed by atoms with van der Waals surface area (Å²) in [7, 11) is -1.78. The molecule has 1 saturated heterocycles. The first kappa shape index (κ1) is 28.8. The Kier molecular flexibility index (Phi) is 7.92. The molecule has 16 heteroatoms. The monoisotopic (exact) mass is 570 g/mol. The number of para-hydroxylation sites is 1. The maximum atomic E-state index is 16.1. The van der Waals surface area contributed by atoms with Crippen molar-refractivity contribution in [2.75, 3.05) is 26.1 Å². The molecule has 39 heavy (non-hydrogen) atoms. The number of rotatable bonds is 10. The van der Waals surface area contributed by atoms with Crippen molar-refractivity contribution in [1.82, 2.24) is 24.6 Å². The Hall–Kier alpha value is -3.23. The lowest BCUT2D eigenvalue weighted by Crippen LogP contribution is -2.47. The fraction of sp³-hybridized carbons (Fsp3) is 0.478. The molecule has 0 unspecified atom stereocenters. The van der Waals surface area contributed by atoms with E-state index in [0.717, 1.165) is 18.6 Å². The Morgan fingerprint density at radius 1 is 1.31 bits per heavy atom. The normalized spacial score (nSPS) is 27.2. The van der Waals surface area contributed by atoms with Crippen molar-refractivity contribution in [3.05, 3.63) is 42.5 Å². The number of aliphatic hydroxyl groups excluding tert-OH is 1. The van der Waals surface area contributed by atoms with E-state index in [9.17, 15) is 14.5 Å². The van der Waals surface area contributed by atoms with Crippen LogP contribution < -0.4 is 14.9 Å². The minimum Gasteiger partial charge on any atom is -0.468 e. The highest BCUT2D eigenvalue weighted by Gasteiger charge is 2.65. The van der Waals surface area contributed by atoms with Crippen molar-refractivity contribution in [2.24, 2.45) is 0 Å². The number of esters is 1. The number of anilines is 1. The van der Waals surface area contributed by atoms with Crippen LogP contribution in [0.4, 0.5) is 14.6 Å². The number of nitrogens with one attached hydrogen (secondary N) is 2. The summed E-state index contributed by atoms with van der Waals surface area (Å²) >= 11 is 0. The molecule has 212 valence electrons. The summed E-state index contributed by atoms with van der Waals surface area (Å²) in [6.45, 7) is 2.64. The van der Waals surface area contributed by atoms with Gasteiger partial charge in [0.05, 0.1) is 13.4 Å². The van der Waals surface area contributed by atoms with Crippen LogP contribution in [0, 0.1) is 6.92 Å². The number of carbonyl (C=O) groups is 1. The molecule has 0 amide bonds. The zero-order valence-corrected chi connectivity index (χ0v) is 22.7. The number of fused-ring (bicyclic) bond motifs is 1. The minimum atomic E-state index is -4.52. The van der Waals surface area contributed by atoms with Crippen LogP contribution >= 0.6 is 7.75 Å². The van der Waals surface area contributed by atoms with E-state index in [0.29, 0.717) is 11.6 Å². The third kappa shape index (κ3) is 5.58. The van der Waals surface area contributed by atoms with Crippen molar-refractivity contribution >= 4 is 30.7 Å². The molecule has 2 aromatic heterocycles. The molecule has 0 radical (unpaired) electrons. The summed E-state index contributed by atoms with van der Waals surface area (Å²) < 4.78 is 67.4. The van der Waals surface area contributed by atoms with Crippen LogP contribution in [0.3, 0.4) is 0 Å². The fourth-order valence-corrected chi connectivity index (χ4v) is 5.59. The highest BCUT2D eigenvalue weighted by molar-refractivity contribution is 7.52. The molecule has 3 aromatic rings. The van der Waals surface area contributed by atoms with Gasteiger partial charge in [-0.15, -0.1) is 0 Å². The molecule has 13 nitrogen and oxygen atoms in total. The summed E-state index contributed by atoms with van der Waals surface area (Å²) in [5.41, 5.74) is -2.32. The van der Waals surface area contributed by atoms with Crippen LogP contribution in [-0.2, 0) is 23.4 Å². The Morgan fingerprint density at radius 2 is 2.00 bits per heavy atom. The highest BCUT2D eigenvalue weighted by atomic mass is 31.2. The predicted octanol–water partition coefficient (Wildman–Crippen LogP) is 2.81. The average Bonchev–Trinajstić information content (AvgIpc) is 3.39. The molecule has 6 atom stereocenters. The van der Waals surface area contributed by atoms with E-state index >= 15 is 8.78 Å². The van der Waals surface area contributed by atoms with Crippen molar-refractivity contribution in [2.45, 2.75) is 50.7 Å². The number of aromatic nitrogens is 4. The Bertz CT molecular complexity index is 1390. The van der Waals surface area contributed by atoms with Gasteiger partial charge in [0.25, 0.3) is 5.85 Å². The number of ether oxygens (including phenoxy) is 2. The number of alkyl halides is 2. The summed E-state index contributed by atoms with van der Waals surface area (Å²) in [5, 5.41) is 15.9. The van der Waals surface area contributed by atoms with E-state index in [1.54, 1.807) is 32.2 Å². The van der Waals surface area contributed by atoms with Crippen LogP contribution in [-0.4, -0.2) is 75.0 Å². The maximum absolute atomic E-state index is 16.1. The summed E-state index contributed by atoms with van der Waals surface area (Å²) in [4.78, 5) is 24.6. The molecule has 0 bridgehead atoms. The third-order valence-corrected chi connectivity index (χ3v) is 7.69. The molecule has 0 spiro atoms. The van der Waals surface area contributed by atoms with E-state index in [-0.39, 0.29) is 16.9 Å². The van der Waals surface area contributed by atoms with Crippen molar-refractivity contribution in [1.29, 1.82) is 0 Å². The number of halogens is 2. The lowest BCUT2D eigenvalue weighted by atomic mass is 9.97. The van der Waals surface area contributed by atoms with Crippen molar-refractivity contribution in [3.63, 3.8) is 0 Å². The zero-order valence-electron chi connectivity index (χ0n) is 21.8. The van der Waals surface area contributed by atoms with Gasteiger partial charge in [0.2, 0.25) is 0 Å². The second-order valence-electron chi connectivity index (χ2n) is 9.05. The summed E-state index contributed by atoms with van der Waals surface area (Å²) in [6, 6.07) is 6.56. The van der Waals surface area contributed by atoms with Gasteiger partial charge in [0.1, 0.15) is 24.2 Å². The number of methoxy groups -OCH3 is 1. The second kappa shape index (κ2) is 10.7. The molecule has 1 fully saturated rings. The molecule has 1 aliphatic rings. The van der Waals surface area contributed by atoms with E-state index in [4.69, 9.17) is 13.8 Å². The smallest absolute Gasteiger partial charge is 0.459 e. The van der Waals surface area contributed by atoms with Gasteiger partial charge in [-0.3, -0.25) is 13.9 Å². The van der Waals surface area contributed by atoms with E-state index in [2.05, 4.69) is 30.1 Å². The van der Waals surface area contributed by atoms with Gasteiger partial charge >= 0.3 is 13.7 Å². The first-order valence-corrected chi connectivity index (χ1v) is 13.4. The third-order valence-electron chi connectivity index (χ3n) is 6.06. The minimum absolute atomic E-state index is 0.0691. The first-order chi connectivity index (χ1) is 18.3. The molecule has 3 N–H and O–H groups in total. The topological polar surface area (TPSA) is 159 Å². The van der Waals surface area contributed by atoms with Crippen molar-refractivity contribution in [3.8, 4) is 5.75 Å². The van der Waals surface area contributed by atoms with E-state index in [1.165, 1.54) is 25.4 Å². The average molecular weight is 570 g/mol. The molecule has 1 aliphatic heterocycles. The predicted molar refractivity (Wildman–Crippen MR) is 134 cm³/mol. The molecule has 0 aliphatic carbocycles. The van der Waals surface area contributed by atoms with Gasteiger partial charge in [-0.2, -0.15) is 5.09 Å². The molecular weight excluding hydrogens is 541 g/mol. The van der Waals surface area contributed by atoms with Crippen LogP contribution in [0.2, 0.25) is 0 Å². The maximum Gasteiger partial charge on any atom is 0.459 e. The summed E-state index contributed by atoms with van der Waals surface area (Å²) in [5.74, 6) is -3.25. The van der Waals surface area contributed by atoms with Crippen LogP contribution in [0.25, 0.3) is 11.2 Å². The van der Waals surface area contributed by atoms with Crippen LogP contribution in [0.15, 0.2) is 36.7 Å². The summed E-state index contributed by atoms with van der Waals surface area (Å²) in [6.07, 6.45) is -2.96. The van der Waals surface area contributed by atoms with Crippen LogP contribution in [0.1, 0.15) is 25.9 Å². The molecule has 4 rings (SSSR count). The molecular formula is C23H29F2N6O7P. The number of benzene rings is 1. The largest absolute Gasteiger partial charge is 0.468 e. The van der Waals surface area contributed by atoms with E-state index < -0.39 is 50.2 Å². The number of nitrogens with zero attached hydrogens (tertiary/aromatic N) is 4. The Labute approximate surface area is 222 Å². The van der Waals surface area contributed by atoms with Crippen molar-refractivity contribution < 1.29 is 41.8 Å². The number of aryl methyl sites for hydroxylation is 1. The van der Waals surface area contributed by atoms with Gasteiger partial charge < -0.3 is 24.4 Å².